The molecule has 0 aliphatic carbocycles. The summed E-state index contributed by atoms with van der Waals surface area (Å²) in [7, 11) is 1.61. The zero-order valence-electron chi connectivity index (χ0n) is 8.31. The molecule has 78 valence electrons. The highest BCUT2D eigenvalue weighted by molar-refractivity contribution is 5.59. The van der Waals surface area contributed by atoms with Crippen LogP contribution in [0.15, 0.2) is 0 Å². The number of rotatable bonds is 3. The summed E-state index contributed by atoms with van der Waals surface area (Å²) in [5.74, 6) is 5.40. The van der Waals surface area contributed by atoms with E-state index in [2.05, 4.69) is 10.5 Å². The fourth-order valence-corrected chi connectivity index (χ4v) is 1.26. The number of nitrogen functional groups attached to an aromatic ring is 1. The zero-order chi connectivity index (χ0) is 10.9. The minimum absolute atomic E-state index is 0.0105. The van der Waals surface area contributed by atoms with Crippen LogP contribution in [0, 0.1) is 10.1 Å². The highest BCUT2D eigenvalue weighted by Crippen LogP contribution is 2.31. The van der Waals surface area contributed by atoms with Gasteiger partial charge in [0.15, 0.2) is 0 Å². The first kappa shape index (κ1) is 10.5. The topological polar surface area (TPSA) is 99.0 Å². The van der Waals surface area contributed by atoms with Crippen LogP contribution >= 0.6 is 0 Å². The van der Waals surface area contributed by atoms with Crippen molar-refractivity contribution < 1.29 is 4.92 Å². The van der Waals surface area contributed by atoms with E-state index in [0.29, 0.717) is 5.69 Å². The Kier molecular flexibility index (Phi) is 2.70. The molecule has 7 heteroatoms. The molecule has 1 rings (SSSR count). The van der Waals surface area contributed by atoms with Crippen LogP contribution in [0.25, 0.3) is 0 Å². The highest BCUT2D eigenvalue weighted by atomic mass is 16.6. The number of nitrogens with one attached hydrogen (secondary N) is 1. The lowest BCUT2D eigenvalue weighted by atomic mass is 10.1. The second-order valence-electron chi connectivity index (χ2n) is 3.26. The molecule has 0 radical (unpaired) electrons. The van der Waals surface area contributed by atoms with E-state index in [9.17, 15) is 10.1 Å². The molecule has 3 N–H and O–H groups in total. The fraction of sp³-hybridized carbons (Fsp3) is 0.571. The summed E-state index contributed by atoms with van der Waals surface area (Å²) in [6.45, 7) is 3.69. The van der Waals surface area contributed by atoms with Gasteiger partial charge in [0.25, 0.3) is 0 Å². The molecule has 0 atom stereocenters. The molecular weight excluding hydrogens is 186 g/mol. The van der Waals surface area contributed by atoms with Gasteiger partial charge in [-0.1, -0.05) is 13.8 Å². The Bertz CT molecular complexity index is 357. The van der Waals surface area contributed by atoms with Gasteiger partial charge < -0.3 is 5.43 Å². The lowest BCUT2D eigenvalue weighted by Gasteiger charge is -1.99. The van der Waals surface area contributed by atoms with E-state index in [0.717, 1.165) is 0 Å². The predicted octanol–water partition coefficient (Wildman–Crippen LogP) is 0.737. The monoisotopic (exact) mass is 199 g/mol. The fourth-order valence-electron chi connectivity index (χ4n) is 1.26. The lowest BCUT2D eigenvalue weighted by Crippen LogP contribution is -2.12. The summed E-state index contributed by atoms with van der Waals surface area (Å²) >= 11 is 0. The van der Waals surface area contributed by atoms with Crippen molar-refractivity contribution in [2.75, 3.05) is 5.43 Å². The number of nitrogens with two attached hydrogens (primary N) is 1. The molecule has 0 aromatic carbocycles. The van der Waals surface area contributed by atoms with Gasteiger partial charge in [0.1, 0.15) is 5.69 Å². The third kappa shape index (κ3) is 1.53. The molecule has 0 fully saturated rings. The Balaban J connectivity index is 3.37. The first-order valence-corrected chi connectivity index (χ1v) is 4.17. The van der Waals surface area contributed by atoms with Gasteiger partial charge in [-0.15, -0.1) is 0 Å². The number of aromatic nitrogens is 2. The van der Waals surface area contributed by atoms with Gasteiger partial charge in [-0.2, -0.15) is 5.10 Å². The predicted molar refractivity (Wildman–Crippen MR) is 51.8 cm³/mol. The standard InChI is InChI=1S/C7H13N5O2/c1-4(2)5-6(12(13)14)7(9-8)11(3)10-5/h4,9H,8H2,1-3H3. The van der Waals surface area contributed by atoms with Crippen molar-refractivity contribution in [3.8, 4) is 0 Å². The molecule has 0 saturated heterocycles. The van der Waals surface area contributed by atoms with Crippen molar-refractivity contribution >= 4 is 11.5 Å². The van der Waals surface area contributed by atoms with Gasteiger partial charge in [-0.3, -0.25) is 10.1 Å². The number of nitro groups is 1. The molecule has 1 heterocycles. The average Bonchev–Trinajstić information content (AvgIpc) is 2.42. The summed E-state index contributed by atoms with van der Waals surface area (Å²) < 4.78 is 1.37. The molecule has 0 amide bonds. The Hall–Kier alpha value is -1.63. The SMILES string of the molecule is CC(C)c1nn(C)c(NN)c1[N+](=O)[O-]. The molecule has 0 aliphatic rings. The van der Waals surface area contributed by atoms with E-state index in [1.807, 2.05) is 13.8 Å². The Labute approximate surface area is 81.0 Å². The first-order chi connectivity index (χ1) is 6.49. The molecule has 1 aromatic heterocycles. The van der Waals surface area contributed by atoms with Gasteiger partial charge in [-0.25, -0.2) is 10.5 Å². The average molecular weight is 199 g/mol. The summed E-state index contributed by atoms with van der Waals surface area (Å²) in [6.07, 6.45) is 0. The number of aryl methyl sites for hydroxylation is 1. The molecule has 14 heavy (non-hydrogen) atoms. The second kappa shape index (κ2) is 3.62. The molecular formula is C7H13N5O2. The third-order valence-electron chi connectivity index (χ3n) is 1.91. The maximum absolute atomic E-state index is 10.8. The van der Waals surface area contributed by atoms with Gasteiger partial charge in [0.05, 0.1) is 4.92 Å². The van der Waals surface area contributed by atoms with Gasteiger partial charge in [0.2, 0.25) is 5.82 Å². The normalized spacial score (nSPS) is 10.6. The van der Waals surface area contributed by atoms with Crippen molar-refractivity contribution in [3.63, 3.8) is 0 Å². The van der Waals surface area contributed by atoms with Crippen LogP contribution < -0.4 is 11.3 Å². The van der Waals surface area contributed by atoms with Gasteiger partial charge in [0, 0.05) is 13.0 Å². The molecule has 0 spiro atoms. The van der Waals surface area contributed by atoms with E-state index in [-0.39, 0.29) is 17.4 Å². The Morgan fingerprint density at radius 2 is 2.21 bits per heavy atom. The molecule has 0 aliphatic heterocycles. The van der Waals surface area contributed by atoms with E-state index in [4.69, 9.17) is 5.84 Å². The van der Waals surface area contributed by atoms with Crippen molar-refractivity contribution in [2.24, 2.45) is 12.9 Å². The summed E-state index contributed by atoms with van der Waals surface area (Å²) in [4.78, 5) is 10.3. The summed E-state index contributed by atoms with van der Waals surface area (Å²) in [6, 6.07) is 0. The van der Waals surface area contributed by atoms with Crippen LogP contribution in [-0.2, 0) is 7.05 Å². The van der Waals surface area contributed by atoms with Gasteiger partial charge >= 0.3 is 5.69 Å². The minimum atomic E-state index is -0.475. The Morgan fingerprint density at radius 3 is 2.57 bits per heavy atom. The van der Waals surface area contributed by atoms with Crippen molar-refractivity contribution in [1.29, 1.82) is 0 Å². The molecule has 0 unspecified atom stereocenters. The van der Waals surface area contributed by atoms with Crippen molar-refractivity contribution in [3.05, 3.63) is 15.8 Å². The number of hydrazine groups is 1. The zero-order valence-corrected chi connectivity index (χ0v) is 8.31. The maximum atomic E-state index is 10.8. The van der Waals surface area contributed by atoms with Crippen LogP contribution in [0.2, 0.25) is 0 Å². The third-order valence-corrected chi connectivity index (χ3v) is 1.91. The van der Waals surface area contributed by atoms with E-state index in [1.165, 1.54) is 4.68 Å². The number of nitrogens with zero attached hydrogens (tertiary/aromatic N) is 3. The van der Waals surface area contributed by atoms with Crippen LogP contribution in [0.5, 0.6) is 0 Å². The number of hydrogen-bond donors (Lipinski definition) is 2. The second-order valence-corrected chi connectivity index (χ2v) is 3.26. The van der Waals surface area contributed by atoms with Crippen molar-refractivity contribution in [2.45, 2.75) is 19.8 Å². The van der Waals surface area contributed by atoms with Gasteiger partial charge in [-0.05, 0) is 0 Å². The highest BCUT2D eigenvalue weighted by Gasteiger charge is 2.27. The van der Waals surface area contributed by atoms with Crippen LogP contribution in [-0.4, -0.2) is 14.7 Å². The molecule has 0 saturated carbocycles. The largest absolute Gasteiger partial charge is 0.335 e. The van der Waals surface area contributed by atoms with Crippen LogP contribution in [0.4, 0.5) is 11.5 Å². The van der Waals surface area contributed by atoms with Crippen molar-refractivity contribution in [1.82, 2.24) is 9.78 Å². The number of hydrogen-bond acceptors (Lipinski definition) is 5. The van der Waals surface area contributed by atoms with E-state index >= 15 is 0 Å². The molecule has 7 nitrogen and oxygen atoms in total. The first-order valence-electron chi connectivity index (χ1n) is 4.17. The van der Waals surface area contributed by atoms with Crippen LogP contribution in [0.1, 0.15) is 25.5 Å². The quantitative estimate of drug-likeness (QED) is 0.425. The van der Waals surface area contributed by atoms with E-state index < -0.39 is 4.92 Å². The summed E-state index contributed by atoms with van der Waals surface area (Å²) in [5.41, 5.74) is 2.66. The smallest absolute Gasteiger partial charge is 0.303 e. The summed E-state index contributed by atoms with van der Waals surface area (Å²) in [5, 5.41) is 14.8. The Morgan fingerprint density at radius 1 is 1.64 bits per heavy atom. The molecule has 0 bridgehead atoms. The lowest BCUT2D eigenvalue weighted by molar-refractivity contribution is -0.384. The number of anilines is 1. The molecule has 1 aromatic rings. The maximum Gasteiger partial charge on any atom is 0.335 e. The minimum Gasteiger partial charge on any atom is -0.303 e. The van der Waals surface area contributed by atoms with Crippen LogP contribution in [0.3, 0.4) is 0 Å². The van der Waals surface area contributed by atoms with E-state index in [1.54, 1.807) is 7.05 Å².